The maximum absolute atomic E-state index is 12.9. The van der Waals surface area contributed by atoms with Crippen molar-refractivity contribution in [2.24, 2.45) is 0 Å². The normalized spacial score (nSPS) is 20.7. The minimum absolute atomic E-state index is 0.273. The summed E-state index contributed by atoms with van der Waals surface area (Å²) in [6.07, 6.45) is 3.66. The molecular formula is C15H28NO5P. The molecule has 1 fully saturated rings. The van der Waals surface area contributed by atoms with Gasteiger partial charge in [-0.25, -0.2) is 4.79 Å². The number of hydrogen-bond donors (Lipinski definition) is 0. The van der Waals surface area contributed by atoms with Crippen LogP contribution in [-0.4, -0.2) is 42.5 Å². The summed E-state index contributed by atoms with van der Waals surface area (Å²) in [6.45, 7) is 10.2. The second-order valence-corrected chi connectivity index (χ2v) is 7.05. The van der Waals surface area contributed by atoms with Gasteiger partial charge in [0.25, 0.3) is 0 Å². The fourth-order valence-corrected chi connectivity index (χ4v) is 4.57. The molecule has 6 nitrogen and oxygen atoms in total. The van der Waals surface area contributed by atoms with Gasteiger partial charge < -0.3 is 18.7 Å². The number of ether oxygens (including phenoxy) is 1. The van der Waals surface area contributed by atoms with Gasteiger partial charge in [-0.15, -0.1) is 0 Å². The van der Waals surface area contributed by atoms with Gasteiger partial charge in [-0.1, -0.05) is 19.4 Å². The monoisotopic (exact) mass is 333 g/mol. The lowest BCUT2D eigenvalue weighted by Crippen LogP contribution is -2.16. The summed E-state index contributed by atoms with van der Waals surface area (Å²) < 4.78 is 28.8. The first-order valence-corrected chi connectivity index (χ1v) is 9.62. The molecule has 0 aromatic rings. The van der Waals surface area contributed by atoms with E-state index in [0.29, 0.717) is 6.61 Å². The van der Waals surface area contributed by atoms with Crippen LogP contribution in [0.2, 0.25) is 0 Å². The molecule has 0 radical (unpaired) electrons. The molecular weight excluding hydrogens is 305 g/mol. The molecule has 22 heavy (non-hydrogen) atoms. The maximum Gasteiger partial charge on any atom is 0.355 e. The van der Waals surface area contributed by atoms with Crippen molar-refractivity contribution in [2.45, 2.75) is 59.3 Å². The molecule has 0 aromatic heterocycles. The minimum atomic E-state index is -3.37. The van der Waals surface area contributed by atoms with Gasteiger partial charge in [0.05, 0.1) is 19.8 Å². The van der Waals surface area contributed by atoms with Crippen molar-refractivity contribution >= 4 is 13.6 Å². The van der Waals surface area contributed by atoms with E-state index in [1.807, 2.05) is 6.20 Å². The first-order chi connectivity index (χ1) is 10.5. The molecule has 0 amide bonds. The van der Waals surface area contributed by atoms with Crippen LogP contribution in [0.25, 0.3) is 0 Å². The Morgan fingerprint density at radius 1 is 1.05 bits per heavy atom. The van der Waals surface area contributed by atoms with Crippen molar-refractivity contribution in [3.05, 3.63) is 11.8 Å². The number of nitrogens with zero attached hydrogens (tertiary/aromatic N) is 1. The van der Waals surface area contributed by atoms with E-state index in [9.17, 15) is 9.36 Å². The molecule has 0 bridgehead atoms. The highest BCUT2D eigenvalue weighted by Gasteiger charge is 2.63. The van der Waals surface area contributed by atoms with Crippen LogP contribution in [0.4, 0.5) is 0 Å². The van der Waals surface area contributed by atoms with E-state index < -0.39 is 19.4 Å². The topological polar surface area (TPSA) is 64.8 Å². The Morgan fingerprint density at radius 3 is 2.00 bits per heavy atom. The number of carbonyl (C=O) groups excluding carboxylic acids is 1. The lowest BCUT2D eigenvalue weighted by Gasteiger charge is -2.16. The van der Waals surface area contributed by atoms with Gasteiger partial charge in [-0.05, 0) is 33.6 Å². The average Bonchev–Trinajstić information content (AvgIpc) is 3.20. The first-order valence-electron chi connectivity index (χ1n) is 8.01. The number of allylic oxidation sites excluding steroid dienone is 1. The summed E-state index contributed by atoms with van der Waals surface area (Å²) in [5.74, 6) is -0.963. The van der Waals surface area contributed by atoms with E-state index in [1.165, 1.54) is 5.57 Å². The molecule has 0 saturated carbocycles. The van der Waals surface area contributed by atoms with E-state index in [4.69, 9.17) is 13.8 Å². The average molecular weight is 333 g/mol. The number of hydrogen-bond acceptors (Lipinski definition) is 6. The molecule has 1 aliphatic rings. The molecule has 7 heteroatoms. The smallest absolute Gasteiger partial charge is 0.355 e. The van der Waals surface area contributed by atoms with Crippen LogP contribution in [0.3, 0.4) is 0 Å². The van der Waals surface area contributed by atoms with Crippen molar-refractivity contribution in [2.75, 3.05) is 19.8 Å². The van der Waals surface area contributed by atoms with Crippen molar-refractivity contribution < 1.29 is 23.1 Å². The SMILES string of the molecule is CCOC(=O)[C@H]1[C@@H](P(=O)(OCC)OCC)N1C=C(CC)CC. The molecule has 0 spiro atoms. The van der Waals surface area contributed by atoms with Crippen LogP contribution in [0.5, 0.6) is 0 Å². The third kappa shape index (κ3) is 4.34. The maximum atomic E-state index is 12.9. The highest BCUT2D eigenvalue weighted by Crippen LogP contribution is 2.63. The predicted octanol–water partition coefficient (Wildman–Crippen LogP) is 3.53. The van der Waals surface area contributed by atoms with Crippen molar-refractivity contribution in [1.29, 1.82) is 0 Å². The van der Waals surface area contributed by atoms with Crippen LogP contribution < -0.4 is 0 Å². The molecule has 0 aromatic carbocycles. The molecule has 2 atom stereocenters. The quantitative estimate of drug-likeness (QED) is 0.346. The molecule has 1 saturated heterocycles. The zero-order valence-electron chi connectivity index (χ0n) is 14.2. The zero-order chi connectivity index (χ0) is 16.8. The summed E-state index contributed by atoms with van der Waals surface area (Å²) in [5, 5.41) is 0. The first kappa shape index (κ1) is 19.2. The van der Waals surface area contributed by atoms with Gasteiger partial charge in [-0.3, -0.25) is 4.57 Å². The van der Waals surface area contributed by atoms with E-state index in [-0.39, 0.29) is 19.2 Å². The molecule has 0 aliphatic carbocycles. The van der Waals surface area contributed by atoms with Gasteiger partial charge in [0.15, 0.2) is 11.8 Å². The minimum Gasteiger partial charge on any atom is -0.464 e. The van der Waals surface area contributed by atoms with Gasteiger partial charge in [0.2, 0.25) is 0 Å². The van der Waals surface area contributed by atoms with E-state index in [1.54, 1.807) is 25.7 Å². The second kappa shape index (κ2) is 8.70. The highest BCUT2D eigenvalue weighted by atomic mass is 31.2. The van der Waals surface area contributed by atoms with Crippen molar-refractivity contribution in [3.8, 4) is 0 Å². The summed E-state index contributed by atoms with van der Waals surface area (Å²) in [4.78, 5) is 13.9. The Labute approximate surface area is 133 Å². The van der Waals surface area contributed by atoms with E-state index >= 15 is 0 Å². The number of rotatable bonds is 10. The number of carbonyl (C=O) groups is 1. The summed E-state index contributed by atoms with van der Waals surface area (Å²) in [5.41, 5.74) is 1.18. The lowest BCUT2D eigenvalue weighted by molar-refractivity contribution is -0.143. The summed E-state index contributed by atoms with van der Waals surface area (Å²) in [7, 11) is -3.37. The Balaban J connectivity index is 3.04. The van der Waals surface area contributed by atoms with E-state index in [0.717, 1.165) is 12.8 Å². The second-order valence-electron chi connectivity index (χ2n) is 4.93. The van der Waals surface area contributed by atoms with Crippen molar-refractivity contribution in [3.63, 3.8) is 0 Å². The molecule has 1 rings (SSSR count). The van der Waals surface area contributed by atoms with Crippen molar-refractivity contribution in [1.82, 2.24) is 4.90 Å². The molecule has 128 valence electrons. The summed E-state index contributed by atoms with van der Waals surface area (Å²) in [6, 6.07) is -0.586. The lowest BCUT2D eigenvalue weighted by atomic mass is 10.2. The van der Waals surface area contributed by atoms with Gasteiger partial charge in [0, 0.05) is 6.20 Å². The van der Waals surface area contributed by atoms with Crippen LogP contribution in [0.15, 0.2) is 11.8 Å². The van der Waals surface area contributed by atoms with Gasteiger partial charge in [-0.2, -0.15) is 0 Å². The zero-order valence-corrected chi connectivity index (χ0v) is 15.1. The van der Waals surface area contributed by atoms with Gasteiger partial charge in [0.1, 0.15) is 0 Å². The Bertz CT molecular complexity index is 435. The fourth-order valence-electron chi connectivity index (χ4n) is 2.39. The Hall–Kier alpha value is -0.840. The van der Waals surface area contributed by atoms with Crippen LogP contribution in [0, 0.1) is 0 Å². The predicted molar refractivity (Wildman–Crippen MR) is 85.6 cm³/mol. The Morgan fingerprint density at radius 2 is 1.59 bits per heavy atom. The van der Waals surface area contributed by atoms with Crippen LogP contribution in [0.1, 0.15) is 47.5 Å². The Kier molecular flexibility index (Phi) is 7.60. The van der Waals surface area contributed by atoms with Crippen LogP contribution >= 0.6 is 7.60 Å². The molecule has 1 heterocycles. The number of esters is 1. The molecule has 1 aliphatic heterocycles. The fraction of sp³-hybridized carbons (Fsp3) is 0.800. The molecule has 0 N–H and O–H groups in total. The third-order valence-corrected chi connectivity index (χ3v) is 5.96. The standard InChI is InChI=1S/C15H28NO5P/c1-6-12(7-2)11-16-13(15(17)19-8-3)14(16)22(18,20-9-4)21-10-5/h11,13-14H,6-10H2,1-5H3/t13-,14-,16?/m1/s1. The van der Waals surface area contributed by atoms with Crippen LogP contribution in [-0.2, 0) is 23.1 Å². The third-order valence-electron chi connectivity index (χ3n) is 3.53. The van der Waals surface area contributed by atoms with E-state index in [2.05, 4.69) is 13.8 Å². The molecule has 0 unspecified atom stereocenters. The largest absolute Gasteiger partial charge is 0.464 e. The summed E-state index contributed by atoms with van der Waals surface area (Å²) >= 11 is 0. The van der Waals surface area contributed by atoms with Gasteiger partial charge >= 0.3 is 13.6 Å². The highest BCUT2D eigenvalue weighted by molar-refractivity contribution is 7.55.